The van der Waals surface area contributed by atoms with E-state index in [0.717, 1.165) is 45.2 Å². The van der Waals surface area contributed by atoms with Crippen molar-refractivity contribution < 1.29 is 14.3 Å². The number of aromatic amines is 1. The second kappa shape index (κ2) is 5.34. The molecule has 2 aromatic carbocycles. The Morgan fingerprint density at radius 3 is 2.84 bits per heavy atom. The smallest absolute Gasteiger partial charge is 0.231 e. The Kier molecular flexibility index (Phi) is 3.00. The summed E-state index contributed by atoms with van der Waals surface area (Å²) in [5.74, 6) is 1.56. The Hall–Kier alpha value is -3.34. The molecule has 1 aromatic heterocycles. The number of nitrogens with zero attached hydrogens (tertiary/aromatic N) is 1. The Labute approximate surface area is 143 Å². The number of H-pyrrole nitrogens is 1. The maximum absolute atomic E-state index is 12.5. The van der Waals surface area contributed by atoms with Gasteiger partial charge in [0.2, 0.25) is 6.79 Å². The minimum Gasteiger partial charge on any atom is -0.454 e. The molecule has 1 aliphatic carbocycles. The van der Waals surface area contributed by atoms with Crippen molar-refractivity contribution in [2.75, 3.05) is 6.79 Å². The summed E-state index contributed by atoms with van der Waals surface area (Å²) in [4.78, 5) is 12.5. The van der Waals surface area contributed by atoms with Gasteiger partial charge in [-0.2, -0.15) is 5.10 Å². The normalized spacial score (nSPS) is 16.5. The second-order valence-corrected chi connectivity index (χ2v) is 6.11. The number of ether oxygens (including phenoxy) is 2. The van der Waals surface area contributed by atoms with Gasteiger partial charge in [-0.3, -0.25) is 9.89 Å². The van der Waals surface area contributed by atoms with Gasteiger partial charge in [0, 0.05) is 23.1 Å². The molecule has 3 aromatic rings. The third-order valence-corrected chi connectivity index (χ3v) is 4.53. The van der Waals surface area contributed by atoms with E-state index in [1.807, 2.05) is 54.6 Å². The number of carbonyl (C=O) groups is 1. The summed E-state index contributed by atoms with van der Waals surface area (Å²) < 4.78 is 10.7. The first kappa shape index (κ1) is 14.0. The predicted octanol–water partition coefficient (Wildman–Crippen LogP) is 3.63. The van der Waals surface area contributed by atoms with Crippen molar-refractivity contribution >= 4 is 11.9 Å². The molecule has 0 fully saturated rings. The van der Waals surface area contributed by atoms with E-state index in [4.69, 9.17) is 9.47 Å². The van der Waals surface area contributed by atoms with Gasteiger partial charge in [-0.05, 0) is 35.9 Å². The Morgan fingerprint density at radius 2 is 1.92 bits per heavy atom. The first-order valence-electron chi connectivity index (χ1n) is 8.06. The van der Waals surface area contributed by atoms with Crippen molar-refractivity contribution in [2.24, 2.45) is 0 Å². The largest absolute Gasteiger partial charge is 0.454 e. The van der Waals surface area contributed by atoms with E-state index in [2.05, 4.69) is 10.2 Å². The van der Waals surface area contributed by atoms with Crippen LogP contribution in [0.5, 0.6) is 11.5 Å². The molecule has 0 atom stereocenters. The molecule has 0 radical (unpaired) electrons. The molecular formula is C20H14N2O3. The van der Waals surface area contributed by atoms with Crippen LogP contribution >= 0.6 is 0 Å². The summed E-state index contributed by atoms with van der Waals surface area (Å²) in [5.41, 5.74) is 5.20. The molecule has 0 spiro atoms. The molecule has 5 nitrogen and oxygen atoms in total. The second-order valence-electron chi connectivity index (χ2n) is 6.11. The number of hydrogen-bond acceptors (Lipinski definition) is 4. The van der Waals surface area contributed by atoms with Gasteiger partial charge >= 0.3 is 0 Å². The first-order chi connectivity index (χ1) is 12.3. The third kappa shape index (κ3) is 2.32. The molecule has 2 heterocycles. The van der Waals surface area contributed by atoms with Crippen LogP contribution in [0.3, 0.4) is 0 Å². The highest BCUT2D eigenvalue weighted by Crippen LogP contribution is 2.35. The van der Waals surface area contributed by atoms with Gasteiger partial charge < -0.3 is 9.47 Å². The van der Waals surface area contributed by atoms with Crippen LogP contribution in [0.25, 0.3) is 17.3 Å². The van der Waals surface area contributed by atoms with Crippen molar-refractivity contribution in [1.82, 2.24) is 10.2 Å². The van der Waals surface area contributed by atoms with Gasteiger partial charge in [-0.15, -0.1) is 0 Å². The van der Waals surface area contributed by atoms with Crippen LogP contribution in [0.1, 0.15) is 21.6 Å². The summed E-state index contributed by atoms with van der Waals surface area (Å²) >= 11 is 0. The maximum Gasteiger partial charge on any atom is 0.231 e. The van der Waals surface area contributed by atoms with Crippen molar-refractivity contribution in [2.45, 2.75) is 6.42 Å². The topological polar surface area (TPSA) is 64.2 Å². The van der Waals surface area contributed by atoms with Crippen LogP contribution < -0.4 is 9.47 Å². The standard InChI is InChI=1S/C20H14N2O3/c23-20-14(7-12-3-1-2-4-16(12)20)8-15-10-17(22-21-15)13-5-6-18-19(9-13)25-11-24-18/h1-6,8-10H,7,11H2,(H,21,22). The minimum atomic E-state index is 0.0924. The number of hydrogen-bond donors (Lipinski definition) is 1. The molecule has 122 valence electrons. The summed E-state index contributed by atoms with van der Waals surface area (Å²) in [6, 6.07) is 15.4. The van der Waals surface area contributed by atoms with E-state index < -0.39 is 0 Å². The van der Waals surface area contributed by atoms with Crippen LogP contribution in [-0.2, 0) is 6.42 Å². The Bertz CT molecular complexity index is 1030. The van der Waals surface area contributed by atoms with E-state index in [1.54, 1.807) is 0 Å². The van der Waals surface area contributed by atoms with Crippen LogP contribution in [0.2, 0.25) is 0 Å². The number of fused-ring (bicyclic) bond motifs is 2. The minimum absolute atomic E-state index is 0.0924. The Morgan fingerprint density at radius 1 is 1.04 bits per heavy atom. The molecule has 5 rings (SSSR count). The zero-order valence-corrected chi connectivity index (χ0v) is 13.3. The van der Waals surface area contributed by atoms with Crippen LogP contribution in [0.4, 0.5) is 0 Å². The van der Waals surface area contributed by atoms with Gasteiger partial charge in [0.05, 0.1) is 11.4 Å². The van der Waals surface area contributed by atoms with Crippen molar-refractivity contribution in [1.29, 1.82) is 0 Å². The monoisotopic (exact) mass is 330 g/mol. The lowest BCUT2D eigenvalue weighted by molar-refractivity contribution is 0.104. The van der Waals surface area contributed by atoms with E-state index in [1.165, 1.54) is 0 Å². The number of rotatable bonds is 2. The fourth-order valence-electron chi connectivity index (χ4n) is 3.27. The molecular weight excluding hydrogens is 316 g/mol. The number of Topliss-reactive ketones (excluding diaryl/α,β-unsaturated/α-hetero) is 1. The van der Waals surface area contributed by atoms with Gasteiger partial charge in [-0.25, -0.2) is 0 Å². The third-order valence-electron chi connectivity index (χ3n) is 4.53. The zero-order chi connectivity index (χ0) is 16.8. The summed E-state index contributed by atoms with van der Waals surface area (Å²) in [6.45, 7) is 0.249. The summed E-state index contributed by atoms with van der Waals surface area (Å²) in [5, 5.41) is 7.35. The van der Waals surface area contributed by atoms with Crippen molar-refractivity contribution in [3.63, 3.8) is 0 Å². The molecule has 2 aliphatic rings. The quantitative estimate of drug-likeness (QED) is 0.729. The number of aromatic nitrogens is 2. The van der Waals surface area contributed by atoms with Gasteiger partial charge in [-0.1, -0.05) is 24.3 Å². The lowest BCUT2D eigenvalue weighted by Gasteiger charge is -1.98. The molecule has 25 heavy (non-hydrogen) atoms. The molecule has 1 aliphatic heterocycles. The van der Waals surface area contributed by atoms with Crippen molar-refractivity contribution in [3.8, 4) is 22.8 Å². The fraction of sp³-hybridized carbons (Fsp3) is 0.100. The maximum atomic E-state index is 12.5. The van der Waals surface area contributed by atoms with Gasteiger partial charge in [0.1, 0.15) is 0 Å². The van der Waals surface area contributed by atoms with Crippen LogP contribution in [-0.4, -0.2) is 22.8 Å². The highest BCUT2D eigenvalue weighted by molar-refractivity contribution is 6.15. The van der Waals surface area contributed by atoms with E-state index in [9.17, 15) is 4.79 Å². The van der Waals surface area contributed by atoms with E-state index in [0.29, 0.717) is 6.42 Å². The average Bonchev–Trinajstić information content (AvgIpc) is 3.35. The molecule has 0 bridgehead atoms. The number of nitrogens with one attached hydrogen (secondary N) is 1. The molecule has 0 unspecified atom stereocenters. The van der Waals surface area contributed by atoms with E-state index >= 15 is 0 Å². The molecule has 0 saturated heterocycles. The number of benzene rings is 2. The molecule has 5 heteroatoms. The molecule has 1 N–H and O–H groups in total. The SMILES string of the molecule is O=C1C(=Cc2cc(-c3ccc4c(c3)OCO4)n[nH]2)Cc2ccccc21. The van der Waals surface area contributed by atoms with Crippen LogP contribution in [0, 0.1) is 0 Å². The number of carbonyl (C=O) groups excluding carboxylic acids is 1. The highest BCUT2D eigenvalue weighted by Gasteiger charge is 2.24. The lowest BCUT2D eigenvalue weighted by Crippen LogP contribution is -1.94. The Balaban J connectivity index is 1.45. The highest BCUT2D eigenvalue weighted by atomic mass is 16.7. The number of ketones is 1. The van der Waals surface area contributed by atoms with Crippen LogP contribution in [0.15, 0.2) is 54.1 Å². The van der Waals surface area contributed by atoms with Gasteiger partial charge in [0.15, 0.2) is 17.3 Å². The summed E-state index contributed by atoms with van der Waals surface area (Å²) in [6.07, 6.45) is 2.54. The molecule has 0 saturated carbocycles. The fourth-order valence-corrected chi connectivity index (χ4v) is 3.27. The number of allylic oxidation sites excluding steroid dienone is 1. The predicted molar refractivity (Wildman–Crippen MR) is 92.6 cm³/mol. The average molecular weight is 330 g/mol. The van der Waals surface area contributed by atoms with Gasteiger partial charge in [0.25, 0.3) is 0 Å². The first-order valence-corrected chi connectivity index (χ1v) is 8.06. The van der Waals surface area contributed by atoms with E-state index in [-0.39, 0.29) is 12.6 Å². The lowest BCUT2D eigenvalue weighted by atomic mass is 10.1. The molecule has 0 amide bonds. The van der Waals surface area contributed by atoms with Crippen molar-refractivity contribution in [3.05, 3.63) is 70.9 Å². The zero-order valence-electron chi connectivity index (χ0n) is 13.3. The summed E-state index contributed by atoms with van der Waals surface area (Å²) in [7, 11) is 0.